The number of carbonyl (C=O) groups is 1. The molecule has 2 atom stereocenters. The Balaban J connectivity index is 1.64. The van der Waals surface area contributed by atoms with Crippen molar-refractivity contribution < 1.29 is 18.7 Å². The highest BCUT2D eigenvalue weighted by molar-refractivity contribution is 5.73. The van der Waals surface area contributed by atoms with Gasteiger partial charge < -0.3 is 20.1 Å². The van der Waals surface area contributed by atoms with Crippen LogP contribution in [0, 0.1) is 11.7 Å². The SMILES string of the molecule is C[C@@H](CNC(=O)NC[C@H]1CCCOC1)Oc1ccccc1F. The van der Waals surface area contributed by atoms with E-state index in [4.69, 9.17) is 9.47 Å². The van der Waals surface area contributed by atoms with Gasteiger partial charge in [-0.05, 0) is 37.8 Å². The molecular weight excluding hydrogens is 287 g/mol. The fourth-order valence-electron chi connectivity index (χ4n) is 2.30. The van der Waals surface area contributed by atoms with Crippen LogP contribution in [0.2, 0.25) is 0 Å². The number of nitrogens with one attached hydrogen (secondary N) is 2. The maximum absolute atomic E-state index is 13.4. The molecule has 2 N–H and O–H groups in total. The van der Waals surface area contributed by atoms with Crippen molar-refractivity contribution in [3.05, 3.63) is 30.1 Å². The Morgan fingerprint density at radius 3 is 3.00 bits per heavy atom. The van der Waals surface area contributed by atoms with Gasteiger partial charge in [-0.3, -0.25) is 0 Å². The molecule has 1 saturated heterocycles. The van der Waals surface area contributed by atoms with Crippen molar-refractivity contribution in [2.24, 2.45) is 5.92 Å². The van der Waals surface area contributed by atoms with Gasteiger partial charge in [-0.2, -0.15) is 0 Å². The lowest BCUT2D eigenvalue weighted by Gasteiger charge is -2.22. The van der Waals surface area contributed by atoms with Crippen molar-refractivity contribution in [2.45, 2.75) is 25.9 Å². The van der Waals surface area contributed by atoms with E-state index in [0.29, 0.717) is 25.6 Å². The molecule has 0 radical (unpaired) electrons. The molecule has 1 aromatic carbocycles. The highest BCUT2D eigenvalue weighted by atomic mass is 19.1. The van der Waals surface area contributed by atoms with Crippen LogP contribution >= 0.6 is 0 Å². The second-order valence-corrected chi connectivity index (χ2v) is 5.53. The quantitative estimate of drug-likeness (QED) is 0.848. The number of benzene rings is 1. The van der Waals surface area contributed by atoms with Crippen molar-refractivity contribution in [1.82, 2.24) is 10.6 Å². The number of halogens is 1. The number of amides is 2. The number of hydrogen-bond acceptors (Lipinski definition) is 3. The Bertz CT molecular complexity index is 478. The molecule has 0 aliphatic carbocycles. The van der Waals surface area contributed by atoms with Gasteiger partial charge in [0.05, 0.1) is 13.2 Å². The van der Waals surface area contributed by atoms with E-state index in [2.05, 4.69) is 10.6 Å². The Hall–Kier alpha value is -1.82. The Kier molecular flexibility index (Phi) is 6.45. The molecule has 0 spiro atoms. The summed E-state index contributed by atoms with van der Waals surface area (Å²) in [5.74, 6) is 0.166. The lowest BCUT2D eigenvalue weighted by molar-refractivity contribution is 0.0557. The van der Waals surface area contributed by atoms with Crippen molar-refractivity contribution in [3.63, 3.8) is 0 Å². The van der Waals surface area contributed by atoms with Gasteiger partial charge in [0.2, 0.25) is 0 Å². The molecule has 1 aromatic rings. The lowest BCUT2D eigenvalue weighted by Crippen LogP contribution is -2.43. The highest BCUT2D eigenvalue weighted by Crippen LogP contribution is 2.16. The summed E-state index contributed by atoms with van der Waals surface area (Å²) in [4.78, 5) is 11.7. The first-order chi connectivity index (χ1) is 10.6. The zero-order valence-electron chi connectivity index (χ0n) is 12.8. The number of ether oxygens (including phenoxy) is 2. The third kappa shape index (κ3) is 5.52. The first-order valence-electron chi connectivity index (χ1n) is 7.66. The number of urea groups is 1. The standard InChI is InChI=1S/C16H23FN2O3/c1-12(22-15-7-3-2-6-14(15)17)9-18-16(20)19-10-13-5-4-8-21-11-13/h2-3,6-7,12-13H,4-5,8-11H2,1H3,(H2,18,19,20)/t12-,13+/m0/s1. The fourth-order valence-corrected chi connectivity index (χ4v) is 2.30. The van der Waals surface area contributed by atoms with Gasteiger partial charge in [0.15, 0.2) is 11.6 Å². The smallest absolute Gasteiger partial charge is 0.314 e. The van der Waals surface area contributed by atoms with Crippen molar-refractivity contribution in [3.8, 4) is 5.75 Å². The predicted octanol–water partition coefficient (Wildman–Crippen LogP) is 2.32. The van der Waals surface area contributed by atoms with Crippen LogP contribution < -0.4 is 15.4 Å². The fraction of sp³-hybridized carbons (Fsp3) is 0.562. The molecule has 1 heterocycles. The number of rotatable bonds is 6. The first-order valence-corrected chi connectivity index (χ1v) is 7.66. The Morgan fingerprint density at radius 1 is 1.45 bits per heavy atom. The summed E-state index contributed by atoms with van der Waals surface area (Å²) in [6, 6.07) is 5.98. The zero-order chi connectivity index (χ0) is 15.8. The van der Waals surface area contributed by atoms with Gasteiger partial charge in [0.25, 0.3) is 0 Å². The van der Waals surface area contributed by atoms with Crippen LogP contribution in [-0.2, 0) is 4.74 Å². The molecule has 5 nitrogen and oxygen atoms in total. The van der Waals surface area contributed by atoms with Gasteiger partial charge in [0, 0.05) is 13.2 Å². The van der Waals surface area contributed by atoms with Gasteiger partial charge in [0.1, 0.15) is 6.10 Å². The summed E-state index contributed by atoms with van der Waals surface area (Å²) in [5, 5.41) is 5.55. The third-order valence-corrected chi connectivity index (χ3v) is 3.52. The van der Waals surface area contributed by atoms with Crippen LogP contribution in [-0.4, -0.2) is 38.4 Å². The van der Waals surface area contributed by atoms with Crippen LogP contribution in [0.3, 0.4) is 0 Å². The van der Waals surface area contributed by atoms with Gasteiger partial charge in [-0.25, -0.2) is 9.18 Å². The maximum Gasteiger partial charge on any atom is 0.314 e. The summed E-state index contributed by atoms with van der Waals surface area (Å²) < 4.78 is 24.3. The summed E-state index contributed by atoms with van der Waals surface area (Å²) >= 11 is 0. The third-order valence-electron chi connectivity index (χ3n) is 3.52. The van der Waals surface area contributed by atoms with Crippen LogP contribution in [0.4, 0.5) is 9.18 Å². The van der Waals surface area contributed by atoms with E-state index >= 15 is 0 Å². The Labute approximate surface area is 130 Å². The molecule has 0 aromatic heterocycles. The molecule has 122 valence electrons. The molecule has 0 unspecified atom stereocenters. The molecule has 1 fully saturated rings. The first kappa shape index (κ1) is 16.5. The largest absolute Gasteiger partial charge is 0.486 e. The van der Waals surface area contributed by atoms with Crippen molar-refractivity contribution in [2.75, 3.05) is 26.3 Å². The van der Waals surface area contributed by atoms with Gasteiger partial charge in [-0.1, -0.05) is 12.1 Å². The van der Waals surface area contributed by atoms with Crippen LogP contribution in [0.5, 0.6) is 5.75 Å². The summed E-state index contributed by atoms with van der Waals surface area (Å²) in [6.45, 7) is 4.21. The molecule has 2 amide bonds. The van der Waals surface area contributed by atoms with Gasteiger partial charge >= 0.3 is 6.03 Å². The second-order valence-electron chi connectivity index (χ2n) is 5.53. The summed E-state index contributed by atoms with van der Waals surface area (Å²) in [6.07, 6.45) is 1.80. The maximum atomic E-state index is 13.4. The summed E-state index contributed by atoms with van der Waals surface area (Å²) in [5.41, 5.74) is 0. The van der Waals surface area contributed by atoms with Crippen molar-refractivity contribution >= 4 is 6.03 Å². The van der Waals surface area contributed by atoms with Crippen molar-refractivity contribution in [1.29, 1.82) is 0 Å². The highest BCUT2D eigenvalue weighted by Gasteiger charge is 2.15. The molecule has 6 heteroatoms. The summed E-state index contributed by atoms with van der Waals surface area (Å²) in [7, 11) is 0. The monoisotopic (exact) mass is 310 g/mol. The van der Waals surface area contributed by atoms with Crippen LogP contribution in [0.1, 0.15) is 19.8 Å². The molecular formula is C16H23FN2O3. The molecule has 1 aliphatic rings. The molecule has 0 saturated carbocycles. The molecule has 2 rings (SSSR count). The average Bonchev–Trinajstić information content (AvgIpc) is 2.54. The zero-order valence-corrected chi connectivity index (χ0v) is 12.8. The normalized spacial score (nSPS) is 19.3. The number of carbonyl (C=O) groups excluding carboxylic acids is 1. The van der Waals surface area contributed by atoms with Crippen LogP contribution in [0.15, 0.2) is 24.3 Å². The van der Waals surface area contributed by atoms with Gasteiger partial charge in [-0.15, -0.1) is 0 Å². The molecule has 22 heavy (non-hydrogen) atoms. The van der Waals surface area contributed by atoms with E-state index in [1.165, 1.54) is 6.07 Å². The minimum absolute atomic E-state index is 0.191. The predicted molar refractivity (Wildman–Crippen MR) is 81.4 cm³/mol. The second kappa shape index (κ2) is 8.58. The number of para-hydroxylation sites is 1. The van der Waals surface area contributed by atoms with E-state index in [0.717, 1.165) is 19.4 Å². The Morgan fingerprint density at radius 2 is 2.27 bits per heavy atom. The number of hydrogen-bond donors (Lipinski definition) is 2. The van der Waals surface area contributed by atoms with E-state index in [1.807, 2.05) is 0 Å². The lowest BCUT2D eigenvalue weighted by atomic mass is 10.0. The van der Waals surface area contributed by atoms with E-state index in [1.54, 1.807) is 25.1 Å². The molecule has 0 bridgehead atoms. The topological polar surface area (TPSA) is 59.6 Å². The minimum atomic E-state index is -0.406. The van der Waals surface area contributed by atoms with E-state index in [-0.39, 0.29) is 17.9 Å². The minimum Gasteiger partial charge on any atom is -0.486 e. The average molecular weight is 310 g/mol. The van der Waals surface area contributed by atoms with Crippen LogP contribution in [0.25, 0.3) is 0 Å². The van der Waals surface area contributed by atoms with E-state index in [9.17, 15) is 9.18 Å². The van der Waals surface area contributed by atoms with E-state index < -0.39 is 5.82 Å². The molecule has 1 aliphatic heterocycles.